The van der Waals surface area contributed by atoms with Crippen molar-refractivity contribution in [3.8, 4) is 5.75 Å². The molecule has 0 aliphatic rings. The first kappa shape index (κ1) is 13.5. The van der Waals surface area contributed by atoms with Crippen LogP contribution in [-0.2, 0) is 6.54 Å². The van der Waals surface area contributed by atoms with Gasteiger partial charge in [0.2, 0.25) is 0 Å². The van der Waals surface area contributed by atoms with Crippen LogP contribution >= 0.6 is 0 Å². The molecule has 0 saturated heterocycles. The third-order valence-electron chi connectivity index (χ3n) is 3.06. The van der Waals surface area contributed by atoms with E-state index in [-0.39, 0.29) is 17.6 Å². The van der Waals surface area contributed by atoms with Gasteiger partial charge in [0.05, 0.1) is 12.9 Å². The van der Waals surface area contributed by atoms with Gasteiger partial charge in [0.1, 0.15) is 6.61 Å². The second-order valence-corrected chi connectivity index (χ2v) is 4.35. The van der Waals surface area contributed by atoms with Gasteiger partial charge in [-0.05, 0) is 31.7 Å². The van der Waals surface area contributed by atoms with Crippen LogP contribution in [0.2, 0.25) is 0 Å². The van der Waals surface area contributed by atoms with E-state index in [4.69, 9.17) is 4.74 Å². The third-order valence-corrected chi connectivity index (χ3v) is 3.06. The van der Waals surface area contributed by atoms with Crippen LogP contribution in [0.15, 0.2) is 36.9 Å². The van der Waals surface area contributed by atoms with E-state index in [0.29, 0.717) is 13.2 Å². The number of rotatable bonds is 6. The molecule has 19 heavy (non-hydrogen) atoms. The van der Waals surface area contributed by atoms with E-state index < -0.39 is 0 Å². The molecule has 4 nitrogen and oxygen atoms in total. The molecule has 0 radical (unpaired) electrons. The fraction of sp³-hybridized carbons (Fsp3) is 0.357. The Labute approximate surface area is 112 Å². The van der Waals surface area contributed by atoms with Gasteiger partial charge in [-0.15, -0.1) is 0 Å². The monoisotopic (exact) mass is 263 g/mol. The molecule has 1 N–H and O–H groups in total. The second kappa shape index (κ2) is 6.33. The van der Waals surface area contributed by atoms with Crippen LogP contribution in [0.3, 0.4) is 0 Å². The van der Waals surface area contributed by atoms with Crippen molar-refractivity contribution in [1.29, 1.82) is 0 Å². The first-order chi connectivity index (χ1) is 9.20. The molecule has 0 amide bonds. The zero-order chi connectivity index (χ0) is 13.7. The molecule has 2 aromatic rings. The van der Waals surface area contributed by atoms with E-state index in [2.05, 4.69) is 10.3 Å². The average Bonchev–Trinajstić information content (AvgIpc) is 2.93. The van der Waals surface area contributed by atoms with Crippen LogP contribution in [0.25, 0.3) is 0 Å². The van der Waals surface area contributed by atoms with Crippen molar-refractivity contribution in [2.75, 3.05) is 13.7 Å². The van der Waals surface area contributed by atoms with Gasteiger partial charge in [0, 0.05) is 18.4 Å². The minimum absolute atomic E-state index is 0.120. The predicted molar refractivity (Wildman–Crippen MR) is 71.6 cm³/mol. The number of ether oxygens (including phenoxy) is 1. The number of halogens is 1. The smallest absolute Gasteiger partial charge is 0.165 e. The second-order valence-electron chi connectivity index (χ2n) is 4.35. The molecule has 0 aliphatic heterocycles. The van der Waals surface area contributed by atoms with Crippen molar-refractivity contribution in [2.24, 2.45) is 0 Å². The molecule has 1 aromatic carbocycles. The third kappa shape index (κ3) is 3.54. The number of hydrogen-bond acceptors (Lipinski definition) is 3. The molecule has 5 heteroatoms. The van der Waals surface area contributed by atoms with E-state index in [1.54, 1.807) is 18.6 Å². The van der Waals surface area contributed by atoms with Crippen molar-refractivity contribution >= 4 is 0 Å². The van der Waals surface area contributed by atoms with E-state index in [9.17, 15) is 4.39 Å². The van der Waals surface area contributed by atoms with Gasteiger partial charge in [0.15, 0.2) is 11.6 Å². The molecule has 0 saturated carbocycles. The fourth-order valence-electron chi connectivity index (χ4n) is 1.75. The summed E-state index contributed by atoms with van der Waals surface area (Å²) in [5, 5.41) is 3.07. The first-order valence-corrected chi connectivity index (χ1v) is 6.26. The van der Waals surface area contributed by atoms with Crippen molar-refractivity contribution < 1.29 is 9.13 Å². The molecule has 1 unspecified atom stereocenters. The molecule has 2 rings (SSSR count). The van der Waals surface area contributed by atoms with E-state index in [1.807, 2.05) is 30.8 Å². The Morgan fingerprint density at radius 3 is 2.95 bits per heavy atom. The number of benzene rings is 1. The lowest BCUT2D eigenvalue weighted by Gasteiger charge is -2.13. The number of imidazole rings is 1. The lowest BCUT2D eigenvalue weighted by Crippen LogP contribution is -2.13. The highest BCUT2D eigenvalue weighted by Gasteiger charge is 2.08. The van der Waals surface area contributed by atoms with E-state index >= 15 is 0 Å². The quantitative estimate of drug-likeness (QED) is 0.869. The summed E-state index contributed by atoms with van der Waals surface area (Å²) < 4.78 is 21.2. The summed E-state index contributed by atoms with van der Waals surface area (Å²) in [5.41, 5.74) is 0.905. The molecule has 0 bridgehead atoms. The number of nitrogens with one attached hydrogen (secondary N) is 1. The average molecular weight is 263 g/mol. The summed E-state index contributed by atoms with van der Waals surface area (Å²) in [5.74, 6) is -0.0441. The summed E-state index contributed by atoms with van der Waals surface area (Å²) in [4.78, 5) is 3.93. The minimum atomic E-state index is -0.328. The normalized spacial score (nSPS) is 12.4. The molecule has 0 spiro atoms. The Bertz CT molecular complexity index is 513. The van der Waals surface area contributed by atoms with Crippen molar-refractivity contribution in [3.05, 3.63) is 48.3 Å². The maximum Gasteiger partial charge on any atom is 0.165 e. The summed E-state index contributed by atoms with van der Waals surface area (Å²) in [6.07, 6.45) is 5.25. The molecule has 1 atom stereocenters. The van der Waals surface area contributed by atoms with Crippen molar-refractivity contribution in [1.82, 2.24) is 14.9 Å². The zero-order valence-corrected chi connectivity index (χ0v) is 11.1. The van der Waals surface area contributed by atoms with Gasteiger partial charge in [0.25, 0.3) is 0 Å². The Morgan fingerprint density at radius 2 is 2.32 bits per heavy atom. The Hall–Kier alpha value is -1.88. The molecular formula is C14H18FN3O. The summed E-state index contributed by atoms with van der Waals surface area (Å²) >= 11 is 0. The zero-order valence-electron chi connectivity index (χ0n) is 11.1. The van der Waals surface area contributed by atoms with Crippen LogP contribution in [0.4, 0.5) is 4.39 Å². The van der Waals surface area contributed by atoms with Crippen LogP contribution in [-0.4, -0.2) is 23.2 Å². The van der Waals surface area contributed by atoms with E-state index in [1.165, 1.54) is 6.07 Å². The topological polar surface area (TPSA) is 39.1 Å². The van der Waals surface area contributed by atoms with Crippen molar-refractivity contribution in [3.63, 3.8) is 0 Å². The summed E-state index contributed by atoms with van der Waals surface area (Å²) in [7, 11) is 1.85. The van der Waals surface area contributed by atoms with Gasteiger partial charge in [-0.2, -0.15) is 0 Å². The summed E-state index contributed by atoms with van der Waals surface area (Å²) in [6.45, 7) is 3.04. The van der Waals surface area contributed by atoms with Crippen LogP contribution in [0.1, 0.15) is 18.5 Å². The molecule has 0 fully saturated rings. The number of hydrogen-bond donors (Lipinski definition) is 1. The summed E-state index contributed by atoms with van der Waals surface area (Å²) in [6, 6.07) is 5.17. The van der Waals surface area contributed by atoms with Crippen molar-refractivity contribution in [2.45, 2.75) is 19.5 Å². The van der Waals surface area contributed by atoms with E-state index in [0.717, 1.165) is 5.56 Å². The van der Waals surface area contributed by atoms with Gasteiger partial charge in [-0.3, -0.25) is 0 Å². The molecular weight excluding hydrogens is 245 g/mol. The maximum absolute atomic E-state index is 13.8. The lowest BCUT2D eigenvalue weighted by molar-refractivity contribution is 0.284. The van der Waals surface area contributed by atoms with Gasteiger partial charge in [-0.25, -0.2) is 9.37 Å². The Morgan fingerprint density at radius 1 is 1.47 bits per heavy atom. The molecule has 1 aromatic heterocycles. The van der Waals surface area contributed by atoms with Crippen LogP contribution < -0.4 is 10.1 Å². The molecule has 1 heterocycles. The molecule has 0 aliphatic carbocycles. The largest absolute Gasteiger partial charge is 0.489 e. The first-order valence-electron chi connectivity index (χ1n) is 6.26. The number of aromatic nitrogens is 2. The van der Waals surface area contributed by atoms with Crippen LogP contribution in [0, 0.1) is 5.82 Å². The standard InChI is InChI=1S/C14H18FN3O/c1-11(16-2)12-3-4-14(13(15)9-12)19-8-7-18-6-5-17-10-18/h3-6,9-11,16H,7-8H2,1-2H3. The Kier molecular flexibility index (Phi) is 4.52. The highest BCUT2D eigenvalue weighted by molar-refractivity contribution is 5.30. The minimum Gasteiger partial charge on any atom is -0.489 e. The SMILES string of the molecule is CNC(C)c1ccc(OCCn2ccnc2)c(F)c1. The lowest BCUT2D eigenvalue weighted by atomic mass is 10.1. The highest BCUT2D eigenvalue weighted by Crippen LogP contribution is 2.21. The van der Waals surface area contributed by atoms with Crippen LogP contribution in [0.5, 0.6) is 5.75 Å². The van der Waals surface area contributed by atoms with Gasteiger partial charge < -0.3 is 14.6 Å². The predicted octanol–water partition coefficient (Wildman–Crippen LogP) is 2.38. The Balaban J connectivity index is 1.93. The van der Waals surface area contributed by atoms with Gasteiger partial charge >= 0.3 is 0 Å². The van der Waals surface area contributed by atoms with Gasteiger partial charge in [-0.1, -0.05) is 6.07 Å². The molecule has 102 valence electrons. The fourth-order valence-corrected chi connectivity index (χ4v) is 1.75. The highest BCUT2D eigenvalue weighted by atomic mass is 19.1. The number of nitrogens with zero attached hydrogens (tertiary/aromatic N) is 2. The maximum atomic E-state index is 13.8.